The van der Waals surface area contributed by atoms with E-state index in [1.54, 1.807) is 0 Å². The Bertz CT molecular complexity index is 1520. The number of hydrogen-bond donors (Lipinski definition) is 1. The maximum Gasteiger partial charge on any atom is 0.141 e. The number of nitrogens with two attached hydrogens (primary N) is 1. The first-order valence-electron chi connectivity index (χ1n) is 15.3. The fourth-order valence-corrected chi connectivity index (χ4v) is 6.29. The van der Waals surface area contributed by atoms with Crippen molar-refractivity contribution in [2.45, 2.75) is 78.2 Å². The van der Waals surface area contributed by atoms with Gasteiger partial charge < -0.3 is 15.2 Å². The topological polar surface area (TPSA) is 59.4 Å². The third-order valence-electron chi connectivity index (χ3n) is 9.21. The first kappa shape index (κ1) is 29.1. The summed E-state index contributed by atoms with van der Waals surface area (Å²) in [6.45, 7) is 18.4. The number of nitrogens with zero attached hydrogens (tertiary/aromatic N) is 4. The Labute approximate surface area is 246 Å². The number of fused-ring (bicyclic) bond motifs is 2. The van der Waals surface area contributed by atoms with Crippen molar-refractivity contribution < 1.29 is 0 Å². The van der Waals surface area contributed by atoms with Crippen LogP contribution in [0.25, 0.3) is 22.4 Å². The van der Waals surface area contributed by atoms with E-state index < -0.39 is 0 Å². The third kappa shape index (κ3) is 6.11. The van der Waals surface area contributed by atoms with Crippen molar-refractivity contribution in [1.82, 2.24) is 14.5 Å². The molecular formula is C36H47N5. The minimum absolute atomic E-state index is 0.144. The summed E-state index contributed by atoms with van der Waals surface area (Å²) in [4.78, 5) is 12.3. The Kier molecular flexibility index (Phi) is 8.37. The Balaban J connectivity index is 1.55. The molecule has 1 aromatic heterocycles. The van der Waals surface area contributed by atoms with Crippen molar-refractivity contribution in [1.29, 1.82) is 0 Å². The molecule has 1 aliphatic carbocycles. The van der Waals surface area contributed by atoms with Gasteiger partial charge in [0.2, 0.25) is 0 Å². The number of benzene rings is 3. The molecule has 5 nitrogen and oxygen atoms in total. The van der Waals surface area contributed by atoms with Gasteiger partial charge >= 0.3 is 0 Å². The molecule has 1 aliphatic rings. The van der Waals surface area contributed by atoms with Crippen LogP contribution in [-0.4, -0.2) is 46.5 Å². The van der Waals surface area contributed by atoms with Crippen LogP contribution in [-0.2, 0) is 23.8 Å². The highest BCUT2D eigenvalue weighted by Gasteiger charge is 2.37. The molecule has 2 N–H and O–H groups in total. The van der Waals surface area contributed by atoms with Crippen LogP contribution in [0.1, 0.15) is 76.6 Å². The van der Waals surface area contributed by atoms with Gasteiger partial charge in [-0.05, 0) is 84.1 Å². The second-order valence-corrected chi connectivity index (χ2v) is 12.8. The zero-order chi connectivity index (χ0) is 29.2. The van der Waals surface area contributed by atoms with Gasteiger partial charge in [0, 0.05) is 24.2 Å². The summed E-state index contributed by atoms with van der Waals surface area (Å²) in [6.07, 6.45) is 3.35. The Morgan fingerprint density at radius 1 is 0.902 bits per heavy atom. The third-order valence-corrected chi connectivity index (χ3v) is 9.21. The number of likely N-dealkylation sites (N-methyl/N-ethyl adjacent to an activating group) is 1. The van der Waals surface area contributed by atoms with Gasteiger partial charge in [-0.15, -0.1) is 0 Å². The standard InChI is InChI=1S/C36H47N5/c1-7-40(8-2)23-21-38-33(37)27-15-17-32-31(25-27)39-34(41(32)22-18-26-12-10-9-11-13-26)28-14-16-29-30(24-28)36(5,6)20-19-35(29,3)4/h9-17,24-25H,7-8,18-23H2,1-6H3,(H2,37,38). The average molecular weight is 550 g/mol. The summed E-state index contributed by atoms with van der Waals surface area (Å²) >= 11 is 0. The first-order chi connectivity index (χ1) is 19.6. The van der Waals surface area contributed by atoms with Crippen LogP contribution in [0.3, 0.4) is 0 Å². The van der Waals surface area contributed by atoms with Crippen LogP contribution < -0.4 is 5.73 Å². The van der Waals surface area contributed by atoms with E-state index in [1.807, 2.05) is 0 Å². The zero-order valence-corrected chi connectivity index (χ0v) is 25.9. The number of rotatable bonds is 10. The highest BCUT2D eigenvalue weighted by Crippen LogP contribution is 2.46. The van der Waals surface area contributed by atoms with Gasteiger partial charge in [-0.2, -0.15) is 0 Å². The minimum atomic E-state index is 0.144. The largest absolute Gasteiger partial charge is 0.384 e. The number of aromatic nitrogens is 2. The van der Waals surface area contributed by atoms with Crippen LogP contribution in [0.2, 0.25) is 0 Å². The molecule has 0 unspecified atom stereocenters. The van der Waals surface area contributed by atoms with E-state index in [9.17, 15) is 0 Å². The molecule has 0 amide bonds. The molecule has 0 bridgehead atoms. The van der Waals surface area contributed by atoms with Crippen molar-refractivity contribution in [2.24, 2.45) is 10.7 Å². The quantitative estimate of drug-likeness (QED) is 0.166. The molecular weight excluding hydrogens is 502 g/mol. The molecule has 5 heteroatoms. The Hall–Kier alpha value is -3.44. The van der Waals surface area contributed by atoms with Gasteiger partial charge in [0.05, 0.1) is 17.6 Å². The second kappa shape index (κ2) is 11.8. The highest BCUT2D eigenvalue weighted by atomic mass is 15.1. The molecule has 0 saturated heterocycles. The van der Waals surface area contributed by atoms with E-state index >= 15 is 0 Å². The number of aliphatic imine (C=N–C) groups is 1. The lowest BCUT2D eigenvalue weighted by Crippen LogP contribution is -2.33. The van der Waals surface area contributed by atoms with Gasteiger partial charge in [0.1, 0.15) is 11.7 Å². The highest BCUT2D eigenvalue weighted by molar-refractivity contribution is 6.00. The van der Waals surface area contributed by atoms with Crippen LogP contribution in [0.4, 0.5) is 0 Å². The van der Waals surface area contributed by atoms with Crippen molar-refractivity contribution in [3.05, 3.63) is 89.0 Å². The molecule has 216 valence electrons. The lowest BCUT2D eigenvalue weighted by molar-refractivity contribution is 0.313. The van der Waals surface area contributed by atoms with Crippen molar-refractivity contribution in [3.8, 4) is 11.4 Å². The van der Waals surface area contributed by atoms with Gasteiger partial charge in [-0.1, -0.05) is 84.0 Å². The lowest BCUT2D eigenvalue weighted by atomic mass is 9.63. The number of imidazole rings is 1. The monoisotopic (exact) mass is 549 g/mol. The molecule has 0 aliphatic heterocycles. The lowest BCUT2D eigenvalue weighted by Gasteiger charge is -2.42. The number of aryl methyl sites for hydroxylation is 2. The molecule has 0 atom stereocenters. The molecule has 1 heterocycles. The molecule has 0 radical (unpaired) electrons. The fraction of sp³-hybridized carbons (Fsp3) is 0.444. The van der Waals surface area contributed by atoms with E-state index in [-0.39, 0.29) is 10.8 Å². The van der Waals surface area contributed by atoms with E-state index in [4.69, 9.17) is 15.7 Å². The summed E-state index contributed by atoms with van der Waals surface area (Å²) in [7, 11) is 0. The molecule has 5 rings (SSSR count). The van der Waals surface area contributed by atoms with Crippen molar-refractivity contribution in [2.75, 3.05) is 26.2 Å². The maximum absolute atomic E-state index is 6.47. The van der Waals surface area contributed by atoms with Gasteiger partial charge in [-0.3, -0.25) is 4.99 Å². The number of hydrogen-bond acceptors (Lipinski definition) is 3. The zero-order valence-electron chi connectivity index (χ0n) is 25.9. The summed E-state index contributed by atoms with van der Waals surface area (Å²) in [6, 6.07) is 24.2. The molecule has 0 saturated carbocycles. The summed E-state index contributed by atoms with van der Waals surface area (Å²) in [5.74, 6) is 1.60. The smallest absolute Gasteiger partial charge is 0.141 e. The number of amidine groups is 1. The van der Waals surface area contributed by atoms with Gasteiger partial charge in [0.25, 0.3) is 0 Å². The maximum atomic E-state index is 6.47. The average Bonchev–Trinajstić information content (AvgIpc) is 3.34. The van der Waals surface area contributed by atoms with Crippen LogP contribution >= 0.6 is 0 Å². The fourth-order valence-electron chi connectivity index (χ4n) is 6.29. The molecule has 3 aromatic carbocycles. The molecule has 0 fully saturated rings. The molecule has 41 heavy (non-hydrogen) atoms. The SMILES string of the molecule is CCN(CC)CCN=C(N)c1ccc2c(c1)nc(-c1ccc3c(c1)C(C)(C)CCC3(C)C)n2CCc1ccccc1. The van der Waals surface area contributed by atoms with Crippen LogP contribution in [0.5, 0.6) is 0 Å². The Morgan fingerprint density at radius 2 is 1.61 bits per heavy atom. The van der Waals surface area contributed by atoms with Crippen LogP contribution in [0.15, 0.2) is 71.7 Å². The molecule has 0 spiro atoms. The van der Waals surface area contributed by atoms with E-state index in [2.05, 4.69) is 118 Å². The summed E-state index contributed by atoms with van der Waals surface area (Å²) in [5.41, 5.74) is 15.3. The van der Waals surface area contributed by atoms with E-state index in [0.29, 0.717) is 12.4 Å². The predicted octanol–water partition coefficient (Wildman–Crippen LogP) is 7.34. The van der Waals surface area contributed by atoms with Crippen LogP contribution in [0, 0.1) is 0 Å². The van der Waals surface area contributed by atoms with E-state index in [0.717, 1.165) is 55.0 Å². The Morgan fingerprint density at radius 3 is 2.32 bits per heavy atom. The first-order valence-corrected chi connectivity index (χ1v) is 15.3. The second-order valence-electron chi connectivity index (χ2n) is 12.8. The van der Waals surface area contributed by atoms with Crippen molar-refractivity contribution in [3.63, 3.8) is 0 Å². The normalized spacial score (nSPS) is 16.3. The summed E-state index contributed by atoms with van der Waals surface area (Å²) in [5, 5.41) is 0. The van der Waals surface area contributed by atoms with Gasteiger partial charge in [0.15, 0.2) is 0 Å². The van der Waals surface area contributed by atoms with Gasteiger partial charge in [-0.25, -0.2) is 4.98 Å². The van der Waals surface area contributed by atoms with E-state index in [1.165, 1.54) is 35.1 Å². The van der Waals surface area contributed by atoms with Crippen molar-refractivity contribution >= 4 is 16.9 Å². The molecule has 4 aromatic rings. The predicted molar refractivity (Wildman–Crippen MR) is 174 cm³/mol. The summed E-state index contributed by atoms with van der Waals surface area (Å²) < 4.78 is 2.39. The minimum Gasteiger partial charge on any atom is -0.384 e.